The van der Waals surface area contributed by atoms with Crippen molar-refractivity contribution in [2.24, 2.45) is 5.10 Å². The molecule has 0 saturated carbocycles. The summed E-state index contributed by atoms with van der Waals surface area (Å²) in [6.45, 7) is -0.523. The lowest BCUT2D eigenvalue weighted by atomic mass is 10.2. The minimum absolute atomic E-state index is 0.0362. The summed E-state index contributed by atoms with van der Waals surface area (Å²) in [5, 5.41) is 4.89. The summed E-state index contributed by atoms with van der Waals surface area (Å²) in [6, 6.07) is 18.9. The number of benzene rings is 3. The molecule has 0 heterocycles. The molecule has 3 rings (SSSR count). The molecule has 0 radical (unpaired) electrons. The van der Waals surface area contributed by atoms with E-state index < -0.39 is 22.5 Å². The first-order valence-electron chi connectivity index (χ1n) is 8.88. The molecule has 160 valence electrons. The van der Waals surface area contributed by atoms with Gasteiger partial charge in [0.2, 0.25) is 0 Å². The van der Waals surface area contributed by atoms with E-state index in [4.69, 9.17) is 34.8 Å². The molecular weight excluding hydrogens is 481 g/mol. The van der Waals surface area contributed by atoms with Crippen molar-refractivity contribution in [2.75, 3.05) is 10.8 Å². The molecule has 0 fully saturated rings. The van der Waals surface area contributed by atoms with Gasteiger partial charge in [0, 0.05) is 10.6 Å². The van der Waals surface area contributed by atoms with Crippen LogP contribution in [0.15, 0.2) is 82.8 Å². The summed E-state index contributed by atoms with van der Waals surface area (Å²) >= 11 is 18.2. The van der Waals surface area contributed by atoms with Gasteiger partial charge in [-0.15, -0.1) is 0 Å². The van der Waals surface area contributed by atoms with Crippen molar-refractivity contribution in [3.05, 3.63) is 93.4 Å². The van der Waals surface area contributed by atoms with E-state index in [1.54, 1.807) is 54.6 Å². The second-order valence-corrected chi connectivity index (χ2v) is 9.35. The molecular formula is C21H16Cl3N3O3S. The Morgan fingerprint density at radius 1 is 0.935 bits per heavy atom. The third-order valence-electron chi connectivity index (χ3n) is 4.10. The van der Waals surface area contributed by atoms with Crippen molar-refractivity contribution in [3.63, 3.8) is 0 Å². The van der Waals surface area contributed by atoms with Gasteiger partial charge in [-0.25, -0.2) is 13.8 Å². The maximum Gasteiger partial charge on any atom is 0.264 e. The van der Waals surface area contributed by atoms with Crippen LogP contribution in [0.5, 0.6) is 0 Å². The zero-order valence-electron chi connectivity index (χ0n) is 15.9. The van der Waals surface area contributed by atoms with E-state index in [0.717, 1.165) is 4.31 Å². The molecule has 6 nitrogen and oxygen atoms in total. The highest BCUT2D eigenvalue weighted by Crippen LogP contribution is 2.26. The molecule has 1 N–H and O–H groups in total. The third-order valence-corrected chi connectivity index (χ3v) is 6.78. The summed E-state index contributed by atoms with van der Waals surface area (Å²) in [5.74, 6) is -0.668. The normalized spacial score (nSPS) is 11.5. The molecule has 3 aromatic carbocycles. The van der Waals surface area contributed by atoms with E-state index in [0.29, 0.717) is 20.6 Å². The van der Waals surface area contributed by atoms with Gasteiger partial charge in [-0.3, -0.25) is 9.10 Å². The topological polar surface area (TPSA) is 78.8 Å². The van der Waals surface area contributed by atoms with Crippen LogP contribution >= 0.6 is 34.8 Å². The van der Waals surface area contributed by atoms with Gasteiger partial charge in [0.05, 0.1) is 26.8 Å². The smallest absolute Gasteiger partial charge is 0.264 e. The largest absolute Gasteiger partial charge is 0.271 e. The first-order valence-corrected chi connectivity index (χ1v) is 11.5. The van der Waals surface area contributed by atoms with Gasteiger partial charge in [0.15, 0.2) is 0 Å². The van der Waals surface area contributed by atoms with E-state index >= 15 is 0 Å². The molecule has 0 aliphatic heterocycles. The molecule has 1 amide bonds. The first-order chi connectivity index (χ1) is 14.8. The highest BCUT2D eigenvalue weighted by Gasteiger charge is 2.27. The fourth-order valence-electron chi connectivity index (χ4n) is 2.63. The number of nitrogens with zero attached hydrogens (tertiary/aromatic N) is 2. The van der Waals surface area contributed by atoms with Crippen molar-refractivity contribution >= 4 is 62.6 Å². The van der Waals surface area contributed by atoms with Crippen LogP contribution < -0.4 is 9.73 Å². The van der Waals surface area contributed by atoms with Crippen LogP contribution in [0.25, 0.3) is 0 Å². The summed E-state index contributed by atoms with van der Waals surface area (Å²) < 4.78 is 27.3. The van der Waals surface area contributed by atoms with E-state index in [-0.39, 0.29) is 10.6 Å². The minimum Gasteiger partial charge on any atom is -0.271 e. The van der Waals surface area contributed by atoms with Gasteiger partial charge in [0.1, 0.15) is 6.54 Å². The first kappa shape index (κ1) is 23.1. The molecule has 0 unspecified atom stereocenters. The third kappa shape index (κ3) is 5.77. The lowest BCUT2D eigenvalue weighted by molar-refractivity contribution is -0.119. The number of carbonyl (C=O) groups excluding carboxylic acids is 1. The number of sulfonamides is 1. The number of hydrogen-bond acceptors (Lipinski definition) is 4. The molecule has 0 saturated heterocycles. The summed E-state index contributed by atoms with van der Waals surface area (Å²) in [6.07, 6.45) is 1.29. The number of hydrazone groups is 1. The van der Waals surface area contributed by atoms with E-state index in [1.165, 1.54) is 24.4 Å². The van der Waals surface area contributed by atoms with Crippen molar-refractivity contribution in [2.45, 2.75) is 4.90 Å². The van der Waals surface area contributed by atoms with Gasteiger partial charge in [-0.1, -0.05) is 65.1 Å². The zero-order chi connectivity index (χ0) is 22.4. The second-order valence-electron chi connectivity index (χ2n) is 6.23. The quantitative estimate of drug-likeness (QED) is 0.370. The number of halogens is 3. The number of anilines is 1. The molecule has 0 bridgehead atoms. The lowest BCUT2D eigenvalue weighted by Crippen LogP contribution is -2.39. The Morgan fingerprint density at radius 3 is 2.23 bits per heavy atom. The summed E-state index contributed by atoms with van der Waals surface area (Å²) in [4.78, 5) is 12.6. The predicted molar refractivity (Wildman–Crippen MR) is 125 cm³/mol. The van der Waals surface area contributed by atoms with Gasteiger partial charge in [0.25, 0.3) is 15.9 Å². The van der Waals surface area contributed by atoms with Crippen LogP contribution in [0, 0.1) is 0 Å². The Balaban J connectivity index is 1.85. The highest BCUT2D eigenvalue weighted by atomic mass is 35.5. The Morgan fingerprint density at radius 2 is 1.58 bits per heavy atom. The Kier molecular flexibility index (Phi) is 7.56. The van der Waals surface area contributed by atoms with Crippen molar-refractivity contribution in [1.82, 2.24) is 5.43 Å². The average Bonchev–Trinajstić information content (AvgIpc) is 2.74. The number of amides is 1. The van der Waals surface area contributed by atoms with Crippen molar-refractivity contribution < 1.29 is 13.2 Å². The number of nitrogens with one attached hydrogen (secondary N) is 1. The van der Waals surface area contributed by atoms with Crippen LogP contribution in [-0.2, 0) is 14.8 Å². The summed E-state index contributed by atoms with van der Waals surface area (Å²) in [7, 11) is -4.04. The predicted octanol–water partition coefficient (Wildman–Crippen LogP) is 4.99. The maximum absolute atomic E-state index is 13.2. The maximum atomic E-state index is 13.2. The van der Waals surface area contributed by atoms with E-state index in [9.17, 15) is 13.2 Å². The van der Waals surface area contributed by atoms with Crippen LogP contribution in [-0.4, -0.2) is 27.1 Å². The van der Waals surface area contributed by atoms with Crippen LogP contribution in [0.2, 0.25) is 15.1 Å². The molecule has 10 heteroatoms. The molecule has 3 aromatic rings. The molecule has 0 aliphatic carbocycles. The summed E-state index contributed by atoms with van der Waals surface area (Å²) in [5.41, 5.74) is 2.96. The van der Waals surface area contributed by atoms with Gasteiger partial charge < -0.3 is 0 Å². The number of rotatable bonds is 7. The van der Waals surface area contributed by atoms with Gasteiger partial charge in [-0.05, 0) is 42.5 Å². The zero-order valence-corrected chi connectivity index (χ0v) is 19.0. The van der Waals surface area contributed by atoms with Crippen molar-refractivity contribution in [1.29, 1.82) is 0 Å². The fraction of sp³-hybridized carbons (Fsp3) is 0.0476. The second kappa shape index (κ2) is 10.2. The standard InChI is InChI=1S/C21H16Cl3N3O3S/c22-15-6-4-7-16(12-15)27(31(29,30)17-8-2-1-3-9-17)14-21(28)26-25-13-18-19(23)10-5-11-20(18)24/h1-13H,14H2,(H,26,28)/b25-13-. The Bertz CT molecular complexity index is 1200. The monoisotopic (exact) mass is 495 g/mol. The Labute approximate surface area is 195 Å². The number of carbonyl (C=O) groups is 1. The Hall–Kier alpha value is -2.58. The molecule has 31 heavy (non-hydrogen) atoms. The minimum atomic E-state index is -4.04. The fourth-order valence-corrected chi connectivity index (χ4v) is 4.75. The average molecular weight is 497 g/mol. The van der Waals surface area contributed by atoms with Gasteiger partial charge >= 0.3 is 0 Å². The molecule has 0 aliphatic rings. The molecule has 0 aromatic heterocycles. The number of hydrogen-bond donors (Lipinski definition) is 1. The van der Waals surface area contributed by atoms with E-state index in [2.05, 4.69) is 10.5 Å². The SMILES string of the molecule is O=C(CN(c1cccc(Cl)c1)S(=O)(=O)c1ccccc1)N/N=C\c1c(Cl)cccc1Cl. The van der Waals surface area contributed by atoms with Crippen LogP contribution in [0.1, 0.15) is 5.56 Å². The lowest BCUT2D eigenvalue weighted by Gasteiger charge is -2.23. The van der Waals surface area contributed by atoms with Crippen LogP contribution in [0.3, 0.4) is 0 Å². The molecule has 0 spiro atoms. The highest BCUT2D eigenvalue weighted by molar-refractivity contribution is 7.92. The molecule has 0 atom stereocenters. The van der Waals surface area contributed by atoms with Gasteiger partial charge in [-0.2, -0.15) is 5.10 Å². The van der Waals surface area contributed by atoms with E-state index in [1.807, 2.05) is 0 Å². The van der Waals surface area contributed by atoms with Crippen LogP contribution in [0.4, 0.5) is 5.69 Å². The van der Waals surface area contributed by atoms with Crippen molar-refractivity contribution in [3.8, 4) is 0 Å².